The fraction of sp³-hybridized carbons (Fsp3) is 0.438. The van der Waals surface area contributed by atoms with E-state index < -0.39 is 0 Å². The molecule has 0 aliphatic carbocycles. The Balaban J connectivity index is 1.67. The second-order valence-electron chi connectivity index (χ2n) is 5.33. The summed E-state index contributed by atoms with van der Waals surface area (Å²) in [5.41, 5.74) is 1.90. The van der Waals surface area contributed by atoms with E-state index in [1.165, 1.54) is 17.2 Å². The summed E-state index contributed by atoms with van der Waals surface area (Å²) in [5, 5.41) is 9.93. The van der Waals surface area contributed by atoms with Crippen LogP contribution in [0.3, 0.4) is 0 Å². The molecule has 6 heteroatoms. The van der Waals surface area contributed by atoms with Gasteiger partial charge in [0.25, 0.3) is 0 Å². The third-order valence-corrected chi connectivity index (χ3v) is 4.72. The standard InChI is InChI=1S/C16H19N5S/c1-2-15-18-16(22-19-15)21-9-3-8-20(10-11-21)14-6-4-13(12-17)5-7-14/h4-7H,2-3,8-11H2,1H3. The molecule has 1 aliphatic rings. The first-order chi connectivity index (χ1) is 10.8. The van der Waals surface area contributed by atoms with E-state index in [0.29, 0.717) is 5.56 Å². The van der Waals surface area contributed by atoms with Crippen LogP contribution in [0.2, 0.25) is 0 Å². The molecule has 0 bridgehead atoms. The van der Waals surface area contributed by atoms with Gasteiger partial charge < -0.3 is 9.80 Å². The first-order valence-corrected chi connectivity index (χ1v) is 8.40. The van der Waals surface area contributed by atoms with Gasteiger partial charge in [0.1, 0.15) is 5.82 Å². The zero-order valence-electron chi connectivity index (χ0n) is 12.7. The smallest absolute Gasteiger partial charge is 0.205 e. The minimum absolute atomic E-state index is 0.709. The third-order valence-electron chi connectivity index (χ3n) is 3.90. The summed E-state index contributed by atoms with van der Waals surface area (Å²) >= 11 is 1.50. The van der Waals surface area contributed by atoms with Gasteiger partial charge in [0, 0.05) is 49.8 Å². The Morgan fingerprint density at radius 3 is 2.55 bits per heavy atom. The van der Waals surface area contributed by atoms with Gasteiger partial charge in [-0.3, -0.25) is 0 Å². The summed E-state index contributed by atoms with van der Waals surface area (Å²) in [6.45, 7) is 6.05. The number of anilines is 2. The van der Waals surface area contributed by atoms with E-state index in [1.807, 2.05) is 24.3 Å². The van der Waals surface area contributed by atoms with Crippen molar-refractivity contribution >= 4 is 22.4 Å². The first-order valence-electron chi connectivity index (χ1n) is 7.63. The number of benzene rings is 1. The topological polar surface area (TPSA) is 56.1 Å². The highest BCUT2D eigenvalue weighted by Gasteiger charge is 2.18. The van der Waals surface area contributed by atoms with Crippen LogP contribution < -0.4 is 9.80 Å². The second-order valence-corrected chi connectivity index (χ2v) is 6.06. The van der Waals surface area contributed by atoms with Crippen molar-refractivity contribution in [3.63, 3.8) is 0 Å². The van der Waals surface area contributed by atoms with Crippen molar-refractivity contribution in [2.24, 2.45) is 0 Å². The summed E-state index contributed by atoms with van der Waals surface area (Å²) in [6.07, 6.45) is 1.99. The van der Waals surface area contributed by atoms with Crippen LogP contribution in [-0.4, -0.2) is 35.5 Å². The van der Waals surface area contributed by atoms with Crippen LogP contribution in [-0.2, 0) is 6.42 Å². The van der Waals surface area contributed by atoms with Crippen molar-refractivity contribution in [2.75, 3.05) is 36.0 Å². The van der Waals surface area contributed by atoms with Gasteiger partial charge in [0.15, 0.2) is 0 Å². The van der Waals surface area contributed by atoms with Crippen LogP contribution in [0.5, 0.6) is 0 Å². The summed E-state index contributed by atoms with van der Waals surface area (Å²) in [5.74, 6) is 0.938. The summed E-state index contributed by atoms with van der Waals surface area (Å²) in [4.78, 5) is 9.31. The van der Waals surface area contributed by atoms with Crippen molar-refractivity contribution in [1.29, 1.82) is 5.26 Å². The molecule has 1 fully saturated rings. The molecule has 114 valence electrons. The SMILES string of the molecule is CCc1nsc(N2CCCN(c3ccc(C#N)cc3)CC2)n1. The van der Waals surface area contributed by atoms with Gasteiger partial charge in [-0.05, 0) is 30.7 Å². The minimum atomic E-state index is 0.709. The van der Waals surface area contributed by atoms with Gasteiger partial charge in [-0.2, -0.15) is 9.64 Å². The van der Waals surface area contributed by atoms with Crippen molar-refractivity contribution in [1.82, 2.24) is 9.36 Å². The van der Waals surface area contributed by atoms with Crippen molar-refractivity contribution in [3.8, 4) is 6.07 Å². The van der Waals surface area contributed by atoms with Crippen LogP contribution in [0.4, 0.5) is 10.8 Å². The maximum absolute atomic E-state index is 8.88. The molecule has 1 saturated heterocycles. The highest BCUT2D eigenvalue weighted by Crippen LogP contribution is 2.22. The van der Waals surface area contributed by atoms with Crippen LogP contribution in [0, 0.1) is 11.3 Å². The lowest BCUT2D eigenvalue weighted by molar-refractivity contribution is 0.801. The molecule has 1 aromatic heterocycles. The average molecular weight is 313 g/mol. The molecule has 0 unspecified atom stereocenters. The lowest BCUT2D eigenvalue weighted by Crippen LogP contribution is -2.30. The first kappa shape index (κ1) is 14.8. The zero-order chi connectivity index (χ0) is 15.4. The Hall–Kier alpha value is -2.13. The van der Waals surface area contributed by atoms with Crippen LogP contribution in [0.1, 0.15) is 24.7 Å². The minimum Gasteiger partial charge on any atom is -0.370 e. The van der Waals surface area contributed by atoms with Gasteiger partial charge in [-0.1, -0.05) is 6.92 Å². The normalized spacial score (nSPS) is 15.5. The van der Waals surface area contributed by atoms with Gasteiger partial charge in [-0.15, -0.1) is 0 Å². The molecule has 1 aliphatic heterocycles. The molecule has 0 amide bonds. The Morgan fingerprint density at radius 1 is 1.14 bits per heavy atom. The molecule has 2 heterocycles. The monoisotopic (exact) mass is 313 g/mol. The molecular weight excluding hydrogens is 294 g/mol. The number of rotatable bonds is 3. The fourth-order valence-corrected chi connectivity index (χ4v) is 3.43. The largest absolute Gasteiger partial charge is 0.370 e. The van der Waals surface area contributed by atoms with Gasteiger partial charge in [0.05, 0.1) is 11.6 Å². The molecule has 0 N–H and O–H groups in total. The quantitative estimate of drug-likeness (QED) is 0.872. The predicted octanol–water partition coefficient (Wildman–Crippen LogP) is 2.69. The number of aryl methyl sites for hydroxylation is 1. The van der Waals surface area contributed by atoms with E-state index in [0.717, 1.165) is 50.0 Å². The highest BCUT2D eigenvalue weighted by atomic mass is 32.1. The van der Waals surface area contributed by atoms with E-state index in [4.69, 9.17) is 5.26 Å². The van der Waals surface area contributed by atoms with E-state index in [9.17, 15) is 0 Å². The predicted molar refractivity (Wildman–Crippen MR) is 89.5 cm³/mol. The van der Waals surface area contributed by atoms with E-state index in [1.54, 1.807) is 0 Å². The Kier molecular flexibility index (Phi) is 4.54. The van der Waals surface area contributed by atoms with Crippen LogP contribution >= 0.6 is 11.5 Å². The Bertz CT molecular complexity index is 658. The second kappa shape index (κ2) is 6.75. The third kappa shape index (κ3) is 3.20. The van der Waals surface area contributed by atoms with Gasteiger partial charge in [0.2, 0.25) is 5.13 Å². The molecule has 3 rings (SSSR count). The van der Waals surface area contributed by atoms with Gasteiger partial charge >= 0.3 is 0 Å². The van der Waals surface area contributed by atoms with Gasteiger partial charge in [-0.25, -0.2) is 4.98 Å². The van der Waals surface area contributed by atoms with E-state index in [-0.39, 0.29) is 0 Å². The molecule has 0 spiro atoms. The number of aromatic nitrogens is 2. The van der Waals surface area contributed by atoms with Crippen molar-refractivity contribution < 1.29 is 0 Å². The Morgan fingerprint density at radius 2 is 1.86 bits per heavy atom. The van der Waals surface area contributed by atoms with Crippen molar-refractivity contribution in [2.45, 2.75) is 19.8 Å². The maximum Gasteiger partial charge on any atom is 0.205 e. The Labute approximate surface area is 135 Å². The molecule has 5 nitrogen and oxygen atoms in total. The number of hydrogen-bond donors (Lipinski definition) is 0. The fourth-order valence-electron chi connectivity index (χ4n) is 2.63. The highest BCUT2D eigenvalue weighted by molar-refractivity contribution is 7.09. The summed E-state index contributed by atoms with van der Waals surface area (Å²) in [7, 11) is 0. The number of hydrogen-bond acceptors (Lipinski definition) is 6. The van der Waals surface area contributed by atoms with E-state index in [2.05, 4.69) is 32.2 Å². The molecule has 2 aromatic rings. The molecular formula is C16H19N5S. The lowest BCUT2D eigenvalue weighted by Gasteiger charge is -2.23. The molecule has 0 radical (unpaired) electrons. The van der Waals surface area contributed by atoms with Crippen LogP contribution in [0.15, 0.2) is 24.3 Å². The molecule has 0 atom stereocenters. The van der Waals surface area contributed by atoms with Crippen LogP contribution in [0.25, 0.3) is 0 Å². The summed E-state index contributed by atoms with van der Waals surface area (Å²) < 4.78 is 4.38. The van der Waals surface area contributed by atoms with E-state index >= 15 is 0 Å². The number of nitrogens with zero attached hydrogens (tertiary/aromatic N) is 5. The van der Waals surface area contributed by atoms with Crippen molar-refractivity contribution in [3.05, 3.63) is 35.7 Å². The molecule has 1 aromatic carbocycles. The number of nitriles is 1. The average Bonchev–Trinajstić information content (AvgIpc) is 2.92. The molecule has 22 heavy (non-hydrogen) atoms. The lowest BCUT2D eigenvalue weighted by atomic mass is 10.2. The summed E-state index contributed by atoms with van der Waals surface area (Å²) in [6, 6.07) is 10.0. The maximum atomic E-state index is 8.88. The zero-order valence-corrected chi connectivity index (χ0v) is 13.5. The molecule has 0 saturated carbocycles.